The number of carbonyl (C=O) groups excluding carboxylic acids is 1. The summed E-state index contributed by atoms with van der Waals surface area (Å²) in [6.45, 7) is 8.32. The Kier molecular flexibility index (Phi) is 6.55. The summed E-state index contributed by atoms with van der Waals surface area (Å²) in [4.78, 5) is 25.6. The van der Waals surface area contributed by atoms with E-state index in [-0.39, 0.29) is 34.3 Å². The van der Waals surface area contributed by atoms with Crippen molar-refractivity contribution in [2.45, 2.75) is 57.6 Å². The molecular formula is C27H32FN7O2. The Labute approximate surface area is 215 Å². The molecule has 9 nitrogen and oxygen atoms in total. The monoisotopic (exact) mass is 505 g/mol. The molecule has 1 amide bonds. The van der Waals surface area contributed by atoms with E-state index in [2.05, 4.69) is 62.2 Å². The average Bonchev–Trinajstić information content (AvgIpc) is 2.84. The van der Waals surface area contributed by atoms with E-state index in [4.69, 9.17) is 0 Å². The van der Waals surface area contributed by atoms with Gasteiger partial charge in [-0.1, -0.05) is 19.9 Å². The lowest BCUT2D eigenvalue weighted by Crippen LogP contribution is -2.38. The predicted molar refractivity (Wildman–Crippen MR) is 140 cm³/mol. The van der Waals surface area contributed by atoms with Crippen LogP contribution in [-0.2, 0) is 17.6 Å². The molecule has 0 radical (unpaired) electrons. The molecule has 0 saturated heterocycles. The molecule has 10 heteroatoms. The third-order valence-electron chi connectivity index (χ3n) is 7.11. The number of anilines is 4. The maximum absolute atomic E-state index is 14.7. The Morgan fingerprint density at radius 2 is 1.97 bits per heavy atom. The summed E-state index contributed by atoms with van der Waals surface area (Å²) in [5.41, 5.74) is 2.91. The van der Waals surface area contributed by atoms with E-state index < -0.39 is 11.4 Å². The number of carbonyl (C=O) groups is 1. The fraction of sp³-hybridized carbons (Fsp3) is 0.407. The van der Waals surface area contributed by atoms with Gasteiger partial charge in [0.1, 0.15) is 17.0 Å². The van der Waals surface area contributed by atoms with Gasteiger partial charge in [-0.05, 0) is 55.5 Å². The van der Waals surface area contributed by atoms with Gasteiger partial charge in [-0.25, -0.2) is 9.37 Å². The van der Waals surface area contributed by atoms with Crippen LogP contribution in [0.4, 0.5) is 27.5 Å². The Balaban J connectivity index is 1.46. The first kappa shape index (κ1) is 25.0. The summed E-state index contributed by atoms with van der Waals surface area (Å²) >= 11 is 0. The highest BCUT2D eigenvalue weighted by Gasteiger charge is 2.38. The third-order valence-corrected chi connectivity index (χ3v) is 7.11. The van der Waals surface area contributed by atoms with Crippen LogP contribution in [-0.4, -0.2) is 39.1 Å². The average molecular weight is 506 g/mol. The molecule has 2 aromatic heterocycles. The molecule has 194 valence electrons. The summed E-state index contributed by atoms with van der Waals surface area (Å²) in [5.74, 6) is -0.607. The summed E-state index contributed by atoms with van der Waals surface area (Å²) in [6.07, 6.45) is 4.51. The minimum Gasteiger partial charge on any atom is -0.384 e. The molecule has 3 heterocycles. The molecule has 1 saturated carbocycles. The molecule has 0 bridgehead atoms. The third kappa shape index (κ3) is 4.99. The van der Waals surface area contributed by atoms with Crippen molar-refractivity contribution < 1.29 is 14.3 Å². The van der Waals surface area contributed by atoms with E-state index in [1.54, 1.807) is 0 Å². The second kappa shape index (κ2) is 9.68. The van der Waals surface area contributed by atoms with Crippen molar-refractivity contribution in [3.8, 4) is 0 Å². The van der Waals surface area contributed by atoms with Crippen molar-refractivity contribution in [3.05, 3.63) is 64.9 Å². The van der Waals surface area contributed by atoms with Crippen LogP contribution < -0.4 is 21.3 Å². The second-order valence-electron chi connectivity index (χ2n) is 10.4. The standard InChI is InChI=1S/C27H32FN7O2/c1-4-30-24(36)18-13-32-25(33-17-6-7-19-16(10-17)12-29-15-26(19,2)3)35-23(18)34-21-11-22(31-14-20(21)28)27(37)8-5-9-27/h6-7,10-11,13-14,29,37H,4-5,8-9,12,15H2,1-3H3,(H,30,36)(H2,31,32,33,34,35). The van der Waals surface area contributed by atoms with Gasteiger partial charge in [0.2, 0.25) is 5.95 Å². The molecule has 0 unspecified atom stereocenters. The highest BCUT2D eigenvalue weighted by Crippen LogP contribution is 2.41. The number of hydrogen-bond acceptors (Lipinski definition) is 8. The molecule has 0 spiro atoms. The van der Waals surface area contributed by atoms with Gasteiger partial charge in [0.25, 0.3) is 5.91 Å². The van der Waals surface area contributed by atoms with Crippen molar-refractivity contribution in [2.75, 3.05) is 23.7 Å². The molecule has 2 aliphatic rings. The van der Waals surface area contributed by atoms with E-state index in [1.807, 2.05) is 13.0 Å². The van der Waals surface area contributed by atoms with Crippen LogP contribution in [0.5, 0.6) is 0 Å². The van der Waals surface area contributed by atoms with Crippen molar-refractivity contribution in [1.82, 2.24) is 25.6 Å². The zero-order chi connectivity index (χ0) is 26.2. The number of hydrogen-bond donors (Lipinski definition) is 5. The van der Waals surface area contributed by atoms with Gasteiger partial charge in [0.15, 0.2) is 5.82 Å². The van der Waals surface area contributed by atoms with Crippen LogP contribution in [0.1, 0.15) is 67.2 Å². The minimum atomic E-state index is -1.05. The first-order valence-corrected chi connectivity index (χ1v) is 12.6. The van der Waals surface area contributed by atoms with Gasteiger partial charge in [0.05, 0.1) is 17.6 Å². The van der Waals surface area contributed by atoms with Gasteiger partial charge in [-0.15, -0.1) is 0 Å². The molecule has 5 rings (SSSR count). The fourth-order valence-electron chi connectivity index (χ4n) is 4.86. The van der Waals surface area contributed by atoms with Crippen LogP contribution in [0, 0.1) is 5.82 Å². The zero-order valence-corrected chi connectivity index (χ0v) is 21.3. The number of nitrogens with one attached hydrogen (secondary N) is 4. The first-order valence-electron chi connectivity index (χ1n) is 12.6. The number of benzene rings is 1. The summed E-state index contributed by atoms with van der Waals surface area (Å²) in [6, 6.07) is 7.63. The van der Waals surface area contributed by atoms with E-state index >= 15 is 0 Å². The maximum atomic E-state index is 14.7. The number of amides is 1. The molecule has 1 fully saturated rings. The first-order chi connectivity index (χ1) is 17.7. The fourth-order valence-corrected chi connectivity index (χ4v) is 4.86. The molecule has 5 N–H and O–H groups in total. The van der Waals surface area contributed by atoms with Crippen molar-refractivity contribution in [3.63, 3.8) is 0 Å². The molecule has 1 aliphatic heterocycles. The molecule has 37 heavy (non-hydrogen) atoms. The lowest BCUT2D eigenvalue weighted by Gasteiger charge is -2.36. The van der Waals surface area contributed by atoms with Crippen LogP contribution >= 0.6 is 0 Å². The van der Waals surface area contributed by atoms with Gasteiger partial charge in [-0.2, -0.15) is 4.98 Å². The number of aliphatic hydroxyl groups is 1. The van der Waals surface area contributed by atoms with E-state index in [0.717, 1.165) is 31.4 Å². The summed E-state index contributed by atoms with van der Waals surface area (Å²) in [5, 5.41) is 23.0. The van der Waals surface area contributed by atoms with Crippen LogP contribution in [0.3, 0.4) is 0 Å². The number of fused-ring (bicyclic) bond motifs is 1. The van der Waals surface area contributed by atoms with Gasteiger partial charge in [-0.3, -0.25) is 9.78 Å². The number of halogens is 1. The van der Waals surface area contributed by atoms with E-state index in [9.17, 15) is 14.3 Å². The second-order valence-corrected chi connectivity index (χ2v) is 10.4. The molecule has 1 aromatic carbocycles. The van der Waals surface area contributed by atoms with Crippen LogP contribution in [0.2, 0.25) is 0 Å². The highest BCUT2D eigenvalue weighted by molar-refractivity contribution is 5.99. The number of pyridine rings is 1. The smallest absolute Gasteiger partial charge is 0.256 e. The number of nitrogens with zero attached hydrogens (tertiary/aromatic N) is 3. The van der Waals surface area contributed by atoms with Gasteiger partial charge < -0.3 is 26.4 Å². The Morgan fingerprint density at radius 1 is 1.16 bits per heavy atom. The molecule has 1 aliphatic carbocycles. The Bertz CT molecular complexity index is 1340. The Hall–Kier alpha value is -3.63. The van der Waals surface area contributed by atoms with Crippen molar-refractivity contribution in [2.24, 2.45) is 0 Å². The van der Waals surface area contributed by atoms with E-state index in [0.29, 0.717) is 25.1 Å². The normalized spacial score (nSPS) is 17.3. The number of rotatable bonds is 7. The van der Waals surface area contributed by atoms with Gasteiger partial charge >= 0.3 is 0 Å². The topological polar surface area (TPSA) is 124 Å². The minimum absolute atomic E-state index is 0.0358. The molecule has 0 atom stereocenters. The van der Waals surface area contributed by atoms with E-state index in [1.165, 1.54) is 23.4 Å². The summed E-state index contributed by atoms with van der Waals surface area (Å²) in [7, 11) is 0. The SMILES string of the molecule is CCNC(=O)c1cnc(Nc2ccc3c(c2)CNCC3(C)C)nc1Nc1cc(C2(O)CCC2)ncc1F. The zero-order valence-electron chi connectivity index (χ0n) is 21.3. The summed E-state index contributed by atoms with van der Waals surface area (Å²) < 4.78 is 14.7. The lowest BCUT2D eigenvalue weighted by molar-refractivity contribution is -0.0426. The quantitative estimate of drug-likeness (QED) is 0.326. The predicted octanol–water partition coefficient (Wildman–Crippen LogP) is 4.00. The molecule has 3 aromatic rings. The van der Waals surface area contributed by atoms with Crippen molar-refractivity contribution >= 4 is 29.0 Å². The largest absolute Gasteiger partial charge is 0.384 e. The highest BCUT2D eigenvalue weighted by atomic mass is 19.1. The molecular weight excluding hydrogens is 473 g/mol. The number of aromatic nitrogens is 3. The van der Waals surface area contributed by atoms with Gasteiger partial charge in [0, 0.05) is 36.9 Å². The maximum Gasteiger partial charge on any atom is 0.256 e. The van der Waals surface area contributed by atoms with Crippen molar-refractivity contribution in [1.29, 1.82) is 0 Å². The Morgan fingerprint density at radius 3 is 2.70 bits per heavy atom. The van der Waals surface area contributed by atoms with Crippen LogP contribution in [0.15, 0.2) is 36.7 Å². The van der Waals surface area contributed by atoms with Crippen LogP contribution in [0.25, 0.3) is 0 Å². The lowest BCUT2D eigenvalue weighted by atomic mass is 9.77.